The van der Waals surface area contributed by atoms with Crippen molar-refractivity contribution in [3.63, 3.8) is 0 Å². The molecule has 28 heavy (non-hydrogen) atoms. The van der Waals surface area contributed by atoms with Crippen LogP contribution < -0.4 is 5.32 Å². The van der Waals surface area contributed by atoms with Crippen LogP contribution in [0, 0.1) is 35.5 Å². The standard InChI is InChI=1S/C24H35NO3/c1-14-10-17(12-18(27)11-14)22(28)21-15(2)19(25-16(3)26)13-20-23(4,5)8-7-9-24(20,21)6/h10-12,15,19-21,27H,7-9,13H2,1-6H3,(H,25,26). The molecule has 0 aliphatic heterocycles. The maximum atomic E-state index is 13.8. The highest BCUT2D eigenvalue weighted by Gasteiger charge is 2.58. The van der Waals surface area contributed by atoms with Gasteiger partial charge in [0.1, 0.15) is 5.75 Å². The molecule has 3 rings (SSSR count). The first-order valence-corrected chi connectivity index (χ1v) is 10.6. The predicted octanol–water partition coefficient (Wildman–Crippen LogP) is 4.88. The number of hydrogen-bond donors (Lipinski definition) is 2. The fourth-order valence-electron chi connectivity index (χ4n) is 6.50. The number of fused-ring (bicyclic) bond motifs is 1. The molecule has 1 amide bonds. The van der Waals surface area contributed by atoms with Gasteiger partial charge in [-0.1, -0.05) is 34.1 Å². The first kappa shape index (κ1) is 20.9. The van der Waals surface area contributed by atoms with E-state index >= 15 is 0 Å². The Morgan fingerprint density at radius 3 is 2.43 bits per heavy atom. The average molecular weight is 386 g/mol. The van der Waals surface area contributed by atoms with Gasteiger partial charge in [-0.15, -0.1) is 0 Å². The maximum Gasteiger partial charge on any atom is 0.217 e. The van der Waals surface area contributed by atoms with E-state index < -0.39 is 0 Å². The molecule has 1 aromatic rings. The van der Waals surface area contributed by atoms with Crippen LogP contribution >= 0.6 is 0 Å². The second-order valence-electron chi connectivity index (χ2n) is 10.2. The smallest absolute Gasteiger partial charge is 0.217 e. The van der Waals surface area contributed by atoms with Crippen LogP contribution in [0.25, 0.3) is 0 Å². The van der Waals surface area contributed by atoms with Crippen LogP contribution in [0.1, 0.15) is 76.2 Å². The van der Waals surface area contributed by atoms with E-state index in [2.05, 4.69) is 33.0 Å². The number of phenolic OH excluding ortho intramolecular Hbond substituents is 1. The van der Waals surface area contributed by atoms with Crippen LogP contribution in [-0.4, -0.2) is 22.8 Å². The van der Waals surface area contributed by atoms with E-state index in [0.29, 0.717) is 11.5 Å². The van der Waals surface area contributed by atoms with Gasteiger partial charge in [0.15, 0.2) is 5.78 Å². The Balaban J connectivity index is 2.08. The Labute approximate surface area is 169 Å². The summed E-state index contributed by atoms with van der Waals surface area (Å²) < 4.78 is 0. The van der Waals surface area contributed by atoms with Gasteiger partial charge in [0.2, 0.25) is 5.91 Å². The van der Waals surface area contributed by atoms with Gasteiger partial charge < -0.3 is 10.4 Å². The van der Waals surface area contributed by atoms with Gasteiger partial charge in [0, 0.05) is 24.4 Å². The number of rotatable bonds is 3. The fraction of sp³-hybridized carbons (Fsp3) is 0.667. The number of ketones is 1. The SMILES string of the molecule is CC(=O)NC1CC2C(C)(C)CCCC2(C)C(C(=O)c2cc(C)cc(O)c2)C1C. The molecular weight excluding hydrogens is 350 g/mol. The summed E-state index contributed by atoms with van der Waals surface area (Å²) in [5, 5.41) is 13.2. The minimum atomic E-state index is -0.177. The number of hydrogen-bond acceptors (Lipinski definition) is 3. The number of amides is 1. The van der Waals surface area contributed by atoms with Crippen molar-refractivity contribution >= 4 is 11.7 Å². The molecule has 5 atom stereocenters. The zero-order chi connectivity index (χ0) is 20.9. The summed E-state index contributed by atoms with van der Waals surface area (Å²) in [7, 11) is 0. The van der Waals surface area contributed by atoms with E-state index in [-0.39, 0.29) is 46.1 Å². The van der Waals surface area contributed by atoms with Crippen LogP contribution in [0.4, 0.5) is 0 Å². The number of benzene rings is 1. The molecule has 2 saturated carbocycles. The van der Waals surface area contributed by atoms with Gasteiger partial charge in [-0.25, -0.2) is 0 Å². The van der Waals surface area contributed by atoms with Crippen molar-refractivity contribution in [1.29, 1.82) is 0 Å². The van der Waals surface area contributed by atoms with Gasteiger partial charge >= 0.3 is 0 Å². The third-order valence-corrected chi connectivity index (χ3v) is 7.65. The van der Waals surface area contributed by atoms with Crippen molar-refractivity contribution in [2.75, 3.05) is 0 Å². The van der Waals surface area contributed by atoms with Gasteiger partial charge in [-0.05, 0) is 72.6 Å². The molecule has 2 N–H and O–H groups in total. The Morgan fingerprint density at radius 1 is 1.14 bits per heavy atom. The van der Waals surface area contributed by atoms with Crippen LogP contribution in [0.3, 0.4) is 0 Å². The van der Waals surface area contributed by atoms with Crippen molar-refractivity contribution in [3.05, 3.63) is 29.3 Å². The van der Waals surface area contributed by atoms with Crippen LogP contribution in [-0.2, 0) is 4.79 Å². The van der Waals surface area contributed by atoms with Crippen LogP contribution in [0.5, 0.6) is 5.75 Å². The first-order valence-electron chi connectivity index (χ1n) is 10.6. The zero-order valence-electron chi connectivity index (χ0n) is 18.1. The van der Waals surface area contributed by atoms with Crippen LogP contribution in [0.2, 0.25) is 0 Å². The molecule has 4 nitrogen and oxygen atoms in total. The Kier molecular flexibility index (Phi) is 5.37. The molecule has 0 saturated heterocycles. The summed E-state index contributed by atoms with van der Waals surface area (Å²) in [5.74, 6) is 0.448. The summed E-state index contributed by atoms with van der Waals surface area (Å²) in [6, 6.07) is 5.15. The van der Waals surface area contributed by atoms with Crippen molar-refractivity contribution in [1.82, 2.24) is 5.32 Å². The van der Waals surface area contributed by atoms with Crippen molar-refractivity contribution in [3.8, 4) is 5.75 Å². The highest BCUT2D eigenvalue weighted by molar-refractivity contribution is 5.99. The number of aromatic hydroxyl groups is 1. The minimum Gasteiger partial charge on any atom is -0.508 e. The normalized spacial score (nSPS) is 34.4. The van der Waals surface area contributed by atoms with Gasteiger partial charge in [0.25, 0.3) is 0 Å². The topological polar surface area (TPSA) is 66.4 Å². The summed E-state index contributed by atoms with van der Waals surface area (Å²) >= 11 is 0. The molecule has 0 bridgehead atoms. The van der Waals surface area contributed by atoms with Crippen molar-refractivity contribution in [2.24, 2.45) is 28.6 Å². The molecule has 4 heteroatoms. The number of nitrogens with one attached hydrogen (secondary N) is 1. The van der Waals surface area contributed by atoms with E-state index in [1.165, 1.54) is 0 Å². The van der Waals surface area contributed by atoms with Crippen molar-refractivity contribution in [2.45, 2.75) is 73.3 Å². The highest BCUT2D eigenvalue weighted by atomic mass is 16.3. The lowest BCUT2D eigenvalue weighted by atomic mass is 9.45. The Bertz CT molecular complexity index is 764. The lowest BCUT2D eigenvalue weighted by Gasteiger charge is -2.60. The fourth-order valence-corrected chi connectivity index (χ4v) is 6.50. The molecule has 154 valence electrons. The number of carbonyl (C=O) groups is 2. The van der Waals surface area contributed by atoms with E-state index in [9.17, 15) is 14.7 Å². The number of carbonyl (C=O) groups excluding carboxylic acids is 2. The van der Waals surface area contributed by atoms with E-state index in [1.54, 1.807) is 19.1 Å². The summed E-state index contributed by atoms with van der Waals surface area (Å²) in [5.41, 5.74) is 1.50. The highest BCUT2D eigenvalue weighted by Crippen LogP contribution is 2.61. The molecule has 0 spiro atoms. The molecule has 2 aliphatic rings. The molecule has 0 aromatic heterocycles. The lowest BCUT2D eigenvalue weighted by Crippen LogP contribution is -2.60. The molecule has 5 unspecified atom stereocenters. The third kappa shape index (κ3) is 3.58. The summed E-state index contributed by atoms with van der Waals surface area (Å²) in [6.45, 7) is 12.5. The lowest BCUT2D eigenvalue weighted by molar-refractivity contribution is -0.125. The average Bonchev–Trinajstić information content (AvgIpc) is 2.54. The maximum absolute atomic E-state index is 13.8. The quantitative estimate of drug-likeness (QED) is 0.729. The first-order chi connectivity index (χ1) is 13.0. The second-order valence-corrected chi connectivity index (χ2v) is 10.2. The summed E-state index contributed by atoms with van der Waals surface area (Å²) in [4.78, 5) is 25.7. The Hall–Kier alpha value is -1.84. The predicted molar refractivity (Wildman–Crippen MR) is 111 cm³/mol. The largest absolute Gasteiger partial charge is 0.508 e. The zero-order valence-corrected chi connectivity index (χ0v) is 18.1. The molecule has 2 fully saturated rings. The van der Waals surface area contributed by atoms with Crippen LogP contribution in [0.15, 0.2) is 18.2 Å². The van der Waals surface area contributed by atoms with E-state index in [4.69, 9.17) is 0 Å². The monoisotopic (exact) mass is 385 g/mol. The molecular formula is C24H35NO3. The third-order valence-electron chi connectivity index (χ3n) is 7.65. The number of phenols is 1. The van der Waals surface area contributed by atoms with E-state index in [0.717, 1.165) is 31.2 Å². The second kappa shape index (κ2) is 7.20. The number of aryl methyl sites for hydroxylation is 1. The molecule has 1 aromatic carbocycles. The minimum absolute atomic E-state index is 0.000283. The van der Waals surface area contributed by atoms with Crippen molar-refractivity contribution < 1.29 is 14.7 Å². The van der Waals surface area contributed by atoms with E-state index in [1.807, 2.05) is 13.0 Å². The molecule has 0 heterocycles. The summed E-state index contributed by atoms with van der Waals surface area (Å²) in [6.07, 6.45) is 4.24. The van der Waals surface area contributed by atoms with Gasteiger partial charge in [0.05, 0.1) is 0 Å². The van der Waals surface area contributed by atoms with Gasteiger partial charge in [-0.2, -0.15) is 0 Å². The molecule has 2 aliphatic carbocycles. The van der Waals surface area contributed by atoms with Gasteiger partial charge in [-0.3, -0.25) is 9.59 Å². The Morgan fingerprint density at radius 2 is 1.82 bits per heavy atom. The molecule has 0 radical (unpaired) electrons. The number of Topliss-reactive ketones (excluding diaryl/α,β-unsaturated/α-hetero) is 1.